The highest BCUT2D eigenvalue weighted by atomic mass is 16.3. The smallest absolute Gasteiger partial charge is 0.164 e. The van der Waals surface area contributed by atoms with Crippen molar-refractivity contribution in [2.24, 2.45) is 0 Å². The van der Waals surface area contributed by atoms with Gasteiger partial charge in [-0.15, -0.1) is 0 Å². The van der Waals surface area contributed by atoms with Crippen molar-refractivity contribution in [3.05, 3.63) is 218 Å². The number of para-hydroxylation sites is 2. The lowest BCUT2D eigenvalue weighted by Crippen LogP contribution is -2.00. The monoisotopic (exact) mass is 792 g/mol. The van der Waals surface area contributed by atoms with Crippen LogP contribution in [0.5, 0.6) is 0 Å². The molecule has 0 bridgehead atoms. The average molecular weight is 793 g/mol. The molecule has 0 aliphatic rings. The molecule has 5 heteroatoms. The molecule has 0 unspecified atom stereocenters. The van der Waals surface area contributed by atoms with Gasteiger partial charge in [-0.05, 0) is 69.8 Å². The number of benzene rings is 9. The van der Waals surface area contributed by atoms with Crippen molar-refractivity contribution >= 4 is 43.7 Å². The minimum absolute atomic E-state index is 0.608. The highest BCUT2D eigenvalue weighted by molar-refractivity contribution is 6.23. The largest absolute Gasteiger partial charge is 0.454 e. The molecular formula is C57H36N4O. The van der Waals surface area contributed by atoms with Gasteiger partial charge in [-0.25, -0.2) is 15.0 Å². The molecule has 290 valence electrons. The highest BCUT2D eigenvalue weighted by Gasteiger charge is 2.21. The molecule has 0 spiro atoms. The summed E-state index contributed by atoms with van der Waals surface area (Å²) in [5, 5.41) is 4.53. The van der Waals surface area contributed by atoms with Crippen LogP contribution in [0.4, 0.5) is 0 Å². The maximum absolute atomic E-state index is 6.84. The van der Waals surface area contributed by atoms with Gasteiger partial charge in [0.2, 0.25) is 0 Å². The molecule has 5 nitrogen and oxygen atoms in total. The van der Waals surface area contributed by atoms with Crippen LogP contribution in [0.25, 0.3) is 117 Å². The molecular weight excluding hydrogens is 757 g/mol. The fraction of sp³-hybridized carbons (Fsp3) is 0. The number of aromatic nitrogens is 4. The van der Waals surface area contributed by atoms with Gasteiger partial charge in [0, 0.05) is 43.9 Å². The summed E-state index contributed by atoms with van der Waals surface area (Å²) in [6.45, 7) is 0. The third-order valence-corrected chi connectivity index (χ3v) is 11.9. The van der Waals surface area contributed by atoms with Gasteiger partial charge in [-0.3, -0.25) is 0 Å². The lowest BCUT2D eigenvalue weighted by molar-refractivity contribution is 0.671. The third kappa shape index (κ3) is 6.06. The molecule has 0 saturated carbocycles. The molecule has 3 aromatic heterocycles. The van der Waals surface area contributed by atoms with E-state index in [-0.39, 0.29) is 0 Å². The summed E-state index contributed by atoms with van der Waals surface area (Å²) in [5.74, 6) is 1.84. The zero-order valence-electron chi connectivity index (χ0n) is 33.5. The topological polar surface area (TPSA) is 56.7 Å². The predicted octanol–water partition coefficient (Wildman–Crippen LogP) is 14.9. The van der Waals surface area contributed by atoms with Gasteiger partial charge in [-0.1, -0.05) is 182 Å². The van der Waals surface area contributed by atoms with Crippen molar-refractivity contribution in [3.8, 4) is 73.2 Å². The van der Waals surface area contributed by atoms with Crippen LogP contribution in [0.3, 0.4) is 0 Å². The number of rotatable bonds is 7. The number of fused-ring (bicyclic) bond motifs is 7. The summed E-state index contributed by atoms with van der Waals surface area (Å²) in [6, 6.07) is 76.1. The number of nitrogens with zero attached hydrogens (tertiary/aromatic N) is 4. The van der Waals surface area contributed by atoms with Crippen LogP contribution in [-0.2, 0) is 0 Å². The summed E-state index contributed by atoms with van der Waals surface area (Å²) in [7, 11) is 0. The van der Waals surface area contributed by atoms with Crippen molar-refractivity contribution in [2.45, 2.75) is 0 Å². The summed E-state index contributed by atoms with van der Waals surface area (Å²) in [4.78, 5) is 15.3. The van der Waals surface area contributed by atoms with E-state index >= 15 is 0 Å². The average Bonchev–Trinajstić information content (AvgIpc) is 3.91. The van der Waals surface area contributed by atoms with Crippen LogP contribution in [0.15, 0.2) is 223 Å². The molecule has 0 saturated heterocycles. The molecule has 0 aliphatic heterocycles. The zero-order valence-corrected chi connectivity index (χ0v) is 33.5. The Balaban J connectivity index is 0.975. The third-order valence-electron chi connectivity index (χ3n) is 11.9. The van der Waals surface area contributed by atoms with E-state index < -0.39 is 0 Å². The van der Waals surface area contributed by atoms with Crippen LogP contribution in [-0.4, -0.2) is 19.5 Å². The molecule has 0 N–H and O–H groups in total. The second-order valence-corrected chi connectivity index (χ2v) is 15.6. The van der Waals surface area contributed by atoms with E-state index in [0.29, 0.717) is 17.5 Å². The normalized spacial score (nSPS) is 11.5. The number of hydrogen-bond acceptors (Lipinski definition) is 4. The van der Waals surface area contributed by atoms with E-state index in [1.165, 1.54) is 5.39 Å². The van der Waals surface area contributed by atoms with Crippen molar-refractivity contribution in [3.63, 3.8) is 0 Å². The molecule has 62 heavy (non-hydrogen) atoms. The Kier molecular flexibility index (Phi) is 8.42. The van der Waals surface area contributed by atoms with Crippen LogP contribution in [0.1, 0.15) is 0 Å². The van der Waals surface area contributed by atoms with Crippen molar-refractivity contribution in [1.82, 2.24) is 19.5 Å². The molecule has 0 amide bonds. The molecule has 0 fully saturated rings. The first-order valence-corrected chi connectivity index (χ1v) is 20.8. The Labute approximate surface area is 357 Å². The van der Waals surface area contributed by atoms with E-state index in [0.717, 1.165) is 94.1 Å². The van der Waals surface area contributed by atoms with E-state index in [4.69, 9.17) is 19.4 Å². The Bertz CT molecular complexity index is 3590. The standard InChI is InChI=1S/C57H36N4O/c1-4-14-37(15-5-1)39-26-30-41(31-27-39)55-58-56(60-57(59-55)44-19-12-18-43(36-44)38-16-6-2-7-17-38)42-32-28-40(29-33-42)46-23-13-25-51-52(46)49-35-34-48-47-22-10-11-24-50(47)61(53(48)54(49)62-51)45-20-8-3-9-21-45/h1-36H. The Morgan fingerprint density at radius 2 is 0.839 bits per heavy atom. The summed E-state index contributed by atoms with van der Waals surface area (Å²) in [5.41, 5.74) is 14.5. The van der Waals surface area contributed by atoms with E-state index in [9.17, 15) is 0 Å². The molecule has 12 aromatic rings. The van der Waals surface area contributed by atoms with Gasteiger partial charge in [0.25, 0.3) is 0 Å². The lowest BCUT2D eigenvalue weighted by atomic mass is 9.98. The van der Waals surface area contributed by atoms with Crippen LogP contribution < -0.4 is 0 Å². The first-order valence-electron chi connectivity index (χ1n) is 20.8. The molecule has 12 rings (SSSR count). The maximum Gasteiger partial charge on any atom is 0.164 e. The quantitative estimate of drug-likeness (QED) is 0.161. The Morgan fingerprint density at radius 3 is 1.53 bits per heavy atom. The van der Waals surface area contributed by atoms with Crippen LogP contribution >= 0.6 is 0 Å². The maximum atomic E-state index is 6.84. The van der Waals surface area contributed by atoms with E-state index in [2.05, 4.69) is 211 Å². The van der Waals surface area contributed by atoms with Crippen LogP contribution in [0, 0.1) is 0 Å². The number of hydrogen-bond donors (Lipinski definition) is 0. The fourth-order valence-electron chi connectivity index (χ4n) is 8.89. The van der Waals surface area contributed by atoms with Gasteiger partial charge in [0.15, 0.2) is 23.1 Å². The lowest BCUT2D eigenvalue weighted by Gasteiger charge is -2.11. The van der Waals surface area contributed by atoms with Crippen molar-refractivity contribution in [2.75, 3.05) is 0 Å². The van der Waals surface area contributed by atoms with Crippen molar-refractivity contribution < 1.29 is 4.42 Å². The van der Waals surface area contributed by atoms with E-state index in [1.807, 2.05) is 12.1 Å². The second kappa shape index (κ2) is 14.7. The minimum atomic E-state index is 0.608. The van der Waals surface area contributed by atoms with Gasteiger partial charge >= 0.3 is 0 Å². The summed E-state index contributed by atoms with van der Waals surface area (Å²) >= 11 is 0. The molecule has 9 aromatic carbocycles. The SMILES string of the molecule is c1ccc(-c2ccc(-c3nc(-c4ccc(-c5cccc6oc7c(ccc8c9ccccc9n(-c9ccccc9)c87)c56)cc4)nc(-c4cccc(-c5ccccc5)c4)n3)cc2)cc1. The van der Waals surface area contributed by atoms with Gasteiger partial charge in [-0.2, -0.15) is 0 Å². The minimum Gasteiger partial charge on any atom is -0.454 e. The highest BCUT2D eigenvalue weighted by Crippen LogP contribution is 2.43. The second-order valence-electron chi connectivity index (χ2n) is 15.6. The van der Waals surface area contributed by atoms with Crippen LogP contribution in [0.2, 0.25) is 0 Å². The molecule has 0 atom stereocenters. The summed E-state index contributed by atoms with van der Waals surface area (Å²) < 4.78 is 9.17. The first-order chi connectivity index (χ1) is 30.7. The van der Waals surface area contributed by atoms with E-state index in [1.54, 1.807) is 0 Å². The molecule has 3 heterocycles. The van der Waals surface area contributed by atoms with Crippen molar-refractivity contribution in [1.29, 1.82) is 0 Å². The van der Waals surface area contributed by atoms with Gasteiger partial charge in [0.1, 0.15) is 5.58 Å². The Hall–Kier alpha value is -8.41. The summed E-state index contributed by atoms with van der Waals surface area (Å²) in [6.07, 6.45) is 0. The Morgan fingerprint density at radius 1 is 0.339 bits per heavy atom. The number of furan rings is 1. The fourth-order valence-corrected chi connectivity index (χ4v) is 8.89. The molecule has 0 aliphatic carbocycles. The zero-order chi connectivity index (χ0) is 41.0. The van der Waals surface area contributed by atoms with Gasteiger partial charge in [0.05, 0.1) is 11.0 Å². The predicted molar refractivity (Wildman–Crippen MR) is 254 cm³/mol. The van der Waals surface area contributed by atoms with Gasteiger partial charge < -0.3 is 8.98 Å². The first kappa shape index (κ1) is 35.5. The molecule has 0 radical (unpaired) electrons.